The van der Waals surface area contributed by atoms with Gasteiger partial charge in [0.1, 0.15) is 5.60 Å². The van der Waals surface area contributed by atoms with Gasteiger partial charge < -0.3 is 15.4 Å². The van der Waals surface area contributed by atoms with Gasteiger partial charge in [0.05, 0.1) is 29.4 Å². The number of benzene rings is 1. The summed E-state index contributed by atoms with van der Waals surface area (Å²) in [5.41, 5.74) is 1.38. The van der Waals surface area contributed by atoms with E-state index in [0.717, 1.165) is 11.1 Å². The number of rotatable bonds is 6. The Bertz CT molecular complexity index is 1040. The number of carbonyl (C=O) groups is 2. The van der Waals surface area contributed by atoms with Crippen LogP contribution in [-0.2, 0) is 16.6 Å². The topological polar surface area (TPSA) is 132 Å². The minimum atomic E-state index is -0.623. The normalized spacial score (nSPS) is 18.7. The van der Waals surface area contributed by atoms with E-state index >= 15 is 0 Å². The number of anilines is 1. The molecule has 11 heteroatoms. The summed E-state index contributed by atoms with van der Waals surface area (Å²) in [5.74, 6) is -0.361. The van der Waals surface area contributed by atoms with Crippen LogP contribution in [0.25, 0.3) is 0 Å². The van der Waals surface area contributed by atoms with Crippen molar-refractivity contribution in [3.05, 3.63) is 51.8 Å². The number of ether oxygens (including phenoxy) is 1. The number of aryl methyl sites for hydroxylation is 2. The molecule has 0 radical (unpaired) electrons. The van der Waals surface area contributed by atoms with E-state index < -0.39 is 16.6 Å². The molecule has 1 aromatic carbocycles. The number of nitro groups is 1. The maximum Gasteiger partial charge on any atom is 0.407 e. The highest BCUT2D eigenvalue weighted by Gasteiger charge is 2.37. The van der Waals surface area contributed by atoms with Crippen molar-refractivity contribution in [2.45, 2.75) is 45.3 Å². The molecule has 0 saturated carbocycles. The number of nitrogens with zero attached hydrogens (tertiary/aromatic N) is 4. The number of alkyl carbamates (subject to hydrolysis) is 1. The van der Waals surface area contributed by atoms with E-state index in [0.29, 0.717) is 18.8 Å². The lowest BCUT2D eigenvalue weighted by Gasteiger charge is -2.24. The molecule has 1 aliphatic rings. The Morgan fingerprint density at radius 1 is 1.30 bits per heavy atom. The second-order valence-electron chi connectivity index (χ2n) is 9.31. The summed E-state index contributed by atoms with van der Waals surface area (Å²) in [5, 5.41) is 21.0. The van der Waals surface area contributed by atoms with Crippen molar-refractivity contribution in [1.29, 1.82) is 0 Å². The Morgan fingerprint density at radius 2 is 2.03 bits per heavy atom. The van der Waals surface area contributed by atoms with Crippen molar-refractivity contribution < 1.29 is 19.2 Å². The van der Waals surface area contributed by atoms with E-state index in [1.54, 1.807) is 44.6 Å². The molecule has 1 aromatic heterocycles. The second-order valence-corrected chi connectivity index (χ2v) is 9.31. The lowest BCUT2D eigenvalue weighted by molar-refractivity contribution is -0.384. The standard InChI is InChI=1S/C22H30N6O5/c1-14-6-7-16(28(31)32)8-18(14)24-20(29)13-27-11-17(15-9-23-26(5)10-15)19(12-27)25-21(30)33-22(2,3)4/h6-10,17,19H,11-13H2,1-5H3,(H,24,29)(H,25,30)/t17-,19+/m0/s1. The van der Waals surface area contributed by atoms with Crippen molar-refractivity contribution >= 4 is 23.4 Å². The third-order valence-corrected chi connectivity index (χ3v) is 5.32. The number of nitro benzene ring substituents is 1. The number of amides is 2. The van der Waals surface area contributed by atoms with E-state index in [1.807, 2.05) is 18.1 Å². The number of likely N-dealkylation sites (tertiary alicyclic amines) is 1. The van der Waals surface area contributed by atoms with Crippen molar-refractivity contribution in [2.75, 3.05) is 25.0 Å². The Hall–Kier alpha value is -3.47. The van der Waals surface area contributed by atoms with Crippen LogP contribution < -0.4 is 10.6 Å². The summed E-state index contributed by atoms with van der Waals surface area (Å²) in [4.78, 5) is 37.6. The highest BCUT2D eigenvalue weighted by molar-refractivity contribution is 5.93. The van der Waals surface area contributed by atoms with Gasteiger partial charge in [-0.25, -0.2) is 4.79 Å². The van der Waals surface area contributed by atoms with Crippen LogP contribution in [0.1, 0.15) is 37.8 Å². The van der Waals surface area contributed by atoms with Gasteiger partial charge in [-0.05, 0) is 38.8 Å². The molecule has 0 spiro atoms. The Morgan fingerprint density at radius 3 is 2.64 bits per heavy atom. The minimum absolute atomic E-state index is 0.0708. The van der Waals surface area contributed by atoms with E-state index in [-0.39, 0.29) is 30.1 Å². The molecule has 1 saturated heterocycles. The van der Waals surface area contributed by atoms with Gasteiger partial charge >= 0.3 is 6.09 Å². The van der Waals surface area contributed by atoms with Crippen LogP contribution in [0.4, 0.5) is 16.2 Å². The zero-order valence-corrected chi connectivity index (χ0v) is 19.5. The van der Waals surface area contributed by atoms with Gasteiger partial charge in [-0.1, -0.05) is 6.07 Å². The average molecular weight is 459 g/mol. The first-order valence-corrected chi connectivity index (χ1v) is 10.7. The van der Waals surface area contributed by atoms with Gasteiger partial charge in [-0.3, -0.25) is 24.5 Å². The molecule has 0 bridgehead atoms. The van der Waals surface area contributed by atoms with Crippen molar-refractivity contribution in [3.63, 3.8) is 0 Å². The summed E-state index contributed by atoms with van der Waals surface area (Å²) in [6, 6.07) is 4.08. The maximum absolute atomic E-state index is 12.7. The summed E-state index contributed by atoms with van der Waals surface area (Å²) in [7, 11) is 1.82. The van der Waals surface area contributed by atoms with Crippen molar-refractivity contribution in [2.24, 2.45) is 7.05 Å². The SMILES string of the molecule is Cc1ccc([N+](=O)[O-])cc1NC(=O)CN1C[C@@H](NC(=O)OC(C)(C)C)[C@H](c2cnn(C)c2)C1. The molecule has 2 heterocycles. The van der Waals surface area contributed by atoms with Gasteiger partial charge in [-0.2, -0.15) is 5.10 Å². The number of aromatic nitrogens is 2. The van der Waals surface area contributed by atoms with E-state index in [2.05, 4.69) is 15.7 Å². The Kier molecular flexibility index (Phi) is 7.01. The van der Waals surface area contributed by atoms with Gasteiger partial charge in [0.15, 0.2) is 0 Å². The lowest BCUT2D eigenvalue weighted by atomic mass is 9.97. The Labute approximate surface area is 192 Å². The largest absolute Gasteiger partial charge is 0.444 e. The number of hydrogen-bond donors (Lipinski definition) is 2. The van der Waals surface area contributed by atoms with Crippen LogP contribution >= 0.6 is 0 Å². The predicted octanol–water partition coefficient (Wildman–Crippen LogP) is 2.57. The molecule has 0 unspecified atom stereocenters. The van der Waals surface area contributed by atoms with Crippen LogP contribution in [-0.4, -0.2) is 62.9 Å². The summed E-state index contributed by atoms with van der Waals surface area (Å²) in [6.45, 7) is 8.22. The third kappa shape index (κ3) is 6.51. The highest BCUT2D eigenvalue weighted by Crippen LogP contribution is 2.28. The summed E-state index contributed by atoms with van der Waals surface area (Å²) >= 11 is 0. The first-order chi connectivity index (χ1) is 15.4. The molecule has 2 amide bonds. The summed E-state index contributed by atoms with van der Waals surface area (Å²) < 4.78 is 7.10. The third-order valence-electron chi connectivity index (χ3n) is 5.32. The molecule has 2 aromatic rings. The van der Waals surface area contributed by atoms with Crippen molar-refractivity contribution in [3.8, 4) is 0 Å². The van der Waals surface area contributed by atoms with Crippen molar-refractivity contribution in [1.82, 2.24) is 20.0 Å². The summed E-state index contributed by atoms with van der Waals surface area (Å²) in [6.07, 6.45) is 3.13. The van der Waals surface area contributed by atoms with Crippen LogP contribution in [0.2, 0.25) is 0 Å². The smallest absolute Gasteiger partial charge is 0.407 e. The monoisotopic (exact) mass is 458 g/mol. The fraction of sp³-hybridized carbons (Fsp3) is 0.500. The van der Waals surface area contributed by atoms with E-state index in [9.17, 15) is 19.7 Å². The van der Waals surface area contributed by atoms with E-state index in [1.165, 1.54) is 12.1 Å². The zero-order valence-electron chi connectivity index (χ0n) is 19.5. The lowest BCUT2D eigenvalue weighted by Crippen LogP contribution is -2.43. The predicted molar refractivity (Wildman–Crippen MR) is 122 cm³/mol. The molecule has 178 valence electrons. The molecular formula is C22H30N6O5. The number of non-ortho nitro benzene ring substituents is 1. The molecule has 2 atom stereocenters. The average Bonchev–Trinajstić information content (AvgIpc) is 3.27. The maximum atomic E-state index is 12.7. The van der Waals surface area contributed by atoms with Gasteiger partial charge in [-0.15, -0.1) is 0 Å². The fourth-order valence-corrected chi connectivity index (χ4v) is 3.84. The molecule has 0 aliphatic carbocycles. The number of hydrogen-bond acceptors (Lipinski definition) is 7. The van der Waals surface area contributed by atoms with Crippen LogP contribution in [0, 0.1) is 17.0 Å². The molecule has 11 nitrogen and oxygen atoms in total. The van der Waals surface area contributed by atoms with Crippen LogP contribution in [0.5, 0.6) is 0 Å². The van der Waals surface area contributed by atoms with Crippen LogP contribution in [0.15, 0.2) is 30.6 Å². The molecule has 2 N–H and O–H groups in total. The van der Waals surface area contributed by atoms with Crippen LogP contribution in [0.3, 0.4) is 0 Å². The van der Waals surface area contributed by atoms with E-state index in [4.69, 9.17) is 4.74 Å². The first kappa shape index (κ1) is 24.2. The molecule has 3 rings (SSSR count). The zero-order chi connectivity index (χ0) is 24.3. The van der Waals surface area contributed by atoms with Gasteiger partial charge in [0, 0.05) is 44.4 Å². The van der Waals surface area contributed by atoms with Gasteiger partial charge in [0.2, 0.25) is 5.91 Å². The first-order valence-electron chi connectivity index (χ1n) is 10.7. The molecular weight excluding hydrogens is 428 g/mol. The van der Waals surface area contributed by atoms with Gasteiger partial charge in [0.25, 0.3) is 5.69 Å². The molecule has 1 aliphatic heterocycles. The minimum Gasteiger partial charge on any atom is -0.444 e. The molecule has 1 fully saturated rings. The quantitative estimate of drug-likeness (QED) is 0.502. The Balaban J connectivity index is 1.69. The number of carbonyl (C=O) groups excluding carboxylic acids is 2. The second kappa shape index (κ2) is 9.57. The fourth-order valence-electron chi connectivity index (χ4n) is 3.84. The molecule has 33 heavy (non-hydrogen) atoms. The highest BCUT2D eigenvalue weighted by atomic mass is 16.6. The number of nitrogens with one attached hydrogen (secondary N) is 2.